The molecule has 0 radical (unpaired) electrons. The molecule has 2 heterocycles. The van der Waals surface area contributed by atoms with Crippen LogP contribution in [0.2, 0.25) is 0 Å². The van der Waals surface area contributed by atoms with Gasteiger partial charge < -0.3 is 41.2 Å². The number of carbonyl (C=O) groups is 5. The number of aromatic nitrogens is 2. The molecule has 8 N–H and O–H groups in total. The quantitative estimate of drug-likeness (QED) is 0.0323. The Labute approximate surface area is 404 Å². The average Bonchev–Trinajstić information content (AvgIpc) is 3.78. The maximum Gasteiger partial charge on any atom is 0.408 e. The topological polar surface area (TPSA) is 307 Å². The van der Waals surface area contributed by atoms with Crippen LogP contribution in [0, 0.1) is 0 Å². The van der Waals surface area contributed by atoms with Crippen LogP contribution in [-0.4, -0.2) is 126 Å². The van der Waals surface area contributed by atoms with Gasteiger partial charge in [0.1, 0.15) is 18.7 Å². The number of sulfonamides is 2. The van der Waals surface area contributed by atoms with Crippen LogP contribution in [0.1, 0.15) is 41.6 Å². The van der Waals surface area contributed by atoms with Gasteiger partial charge >= 0.3 is 18.0 Å². The van der Waals surface area contributed by atoms with Crippen molar-refractivity contribution in [3.63, 3.8) is 0 Å². The van der Waals surface area contributed by atoms with E-state index in [9.17, 15) is 40.8 Å². The molecule has 0 spiro atoms. The predicted octanol–water partition coefficient (Wildman–Crippen LogP) is 1.84. The Kier molecular flexibility index (Phi) is 18.4. The van der Waals surface area contributed by atoms with Crippen molar-refractivity contribution in [3.05, 3.63) is 114 Å². The summed E-state index contributed by atoms with van der Waals surface area (Å²) in [4.78, 5) is 66.4. The number of amides is 3. The second-order valence-corrected chi connectivity index (χ2v) is 19.2. The molecule has 22 nitrogen and oxygen atoms in total. The van der Waals surface area contributed by atoms with Crippen LogP contribution < -0.4 is 36.0 Å². The Balaban J connectivity index is 0.971. The summed E-state index contributed by atoms with van der Waals surface area (Å²) in [5, 5.41) is 28.2. The van der Waals surface area contributed by atoms with Gasteiger partial charge in [0.2, 0.25) is 26.0 Å². The average molecular weight is 1000 g/mol. The molecule has 0 fully saturated rings. The third kappa shape index (κ3) is 15.0. The molecule has 0 saturated carbocycles. The molecule has 1 aromatic heterocycles. The van der Waals surface area contributed by atoms with Crippen LogP contribution in [0.25, 0.3) is 22.0 Å². The highest BCUT2D eigenvalue weighted by Gasteiger charge is 2.28. The lowest BCUT2D eigenvalue weighted by atomic mass is 10.1. The van der Waals surface area contributed by atoms with Gasteiger partial charge in [-0.2, -0.15) is 9.82 Å². The highest BCUT2D eigenvalue weighted by atomic mass is 32.2. The van der Waals surface area contributed by atoms with E-state index in [2.05, 4.69) is 46.1 Å². The van der Waals surface area contributed by atoms with Crippen LogP contribution >= 0.6 is 0 Å². The number of ether oxygens (including phenoxy) is 2. The fourth-order valence-corrected chi connectivity index (χ4v) is 9.25. The van der Waals surface area contributed by atoms with Gasteiger partial charge in [-0.1, -0.05) is 54.6 Å². The summed E-state index contributed by atoms with van der Waals surface area (Å²) in [7, 11) is -7.31. The predicted molar refractivity (Wildman–Crippen MR) is 256 cm³/mol. The first-order valence-corrected chi connectivity index (χ1v) is 25.1. The normalized spacial score (nSPS) is 13.5. The van der Waals surface area contributed by atoms with E-state index in [1.54, 1.807) is 54.7 Å². The van der Waals surface area contributed by atoms with Gasteiger partial charge in [-0.25, -0.2) is 26.4 Å². The van der Waals surface area contributed by atoms with E-state index in [-0.39, 0.29) is 41.5 Å². The smallest absolute Gasteiger partial charge is 0.408 e. The zero-order chi connectivity index (χ0) is 50.1. The molecule has 0 saturated heterocycles. The number of nitrogens with one attached hydrogen (secondary N) is 7. The fraction of sp³-hybridized carbons (Fsp3) is 0.326. The number of esters is 1. The molecule has 0 unspecified atom stereocenters. The summed E-state index contributed by atoms with van der Waals surface area (Å²) in [5.74, 6) is -2.61. The molecule has 5 aromatic rings. The first-order chi connectivity index (χ1) is 33.6. The fourth-order valence-electron chi connectivity index (χ4n) is 7.04. The SMILES string of the molecule is COC(=O)[C@H](CNC(=O)c1ccc2c(cnn2CCCNC2=NCCCN2)c1)NS(=O)(=O)c1ccc(-c2ccc(S(=O)(=O)NCCNC(=O)[C@H](CCC(=O)O)NC(=O)OCc3ccccc3)cc2)cc1. The Morgan fingerprint density at radius 1 is 0.829 bits per heavy atom. The van der Waals surface area contributed by atoms with Crippen molar-refractivity contribution in [1.82, 2.24) is 45.8 Å². The number of methoxy groups -OCH3 is 1. The molecule has 2 atom stereocenters. The number of carboxylic acids is 1. The Hall–Kier alpha value is -7.41. The minimum absolute atomic E-state index is 0.0770. The second-order valence-electron chi connectivity index (χ2n) is 15.8. The van der Waals surface area contributed by atoms with Crippen LogP contribution in [0.4, 0.5) is 4.79 Å². The number of aliphatic imine (C=N–C) groups is 1. The van der Waals surface area contributed by atoms with Gasteiger partial charge in [0.15, 0.2) is 5.96 Å². The number of carbonyl (C=O) groups excluding carboxylic acids is 4. The van der Waals surface area contributed by atoms with E-state index in [0.29, 0.717) is 29.8 Å². The molecule has 0 bridgehead atoms. The molecule has 372 valence electrons. The zero-order valence-electron chi connectivity index (χ0n) is 38.1. The van der Waals surface area contributed by atoms with Crippen LogP contribution in [-0.2, 0) is 57.1 Å². The van der Waals surface area contributed by atoms with Gasteiger partial charge in [0.25, 0.3) is 5.91 Å². The lowest BCUT2D eigenvalue weighted by molar-refractivity contribution is -0.142. The third-order valence-corrected chi connectivity index (χ3v) is 13.7. The molecular weight excluding hydrogens is 949 g/mol. The van der Waals surface area contributed by atoms with Gasteiger partial charge in [-0.3, -0.25) is 28.9 Å². The number of aryl methyl sites for hydroxylation is 1. The Morgan fingerprint density at radius 2 is 1.53 bits per heavy atom. The maximum absolute atomic E-state index is 13.5. The zero-order valence-corrected chi connectivity index (χ0v) is 39.7. The molecule has 24 heteroatoms. The standard InChI is InChI=1S/C46H54N10O12S2/c1-67-44(61)39(29-51-42(59)34-13-19-40-35(27-34)28-52-56(40)26-6-23-50-45-48-21-5-22-49-45)55-70(65,66)37-16-11-33(12-17-37)32-9-14-36(15-10-32)69(63,64)53-25-24-47-43(60)38(18-20-41(57)58)54-46(62)68-30-31-7-3-2-4-8-31/h2-4,7-17,19,27-28,38-39,53,55H,5-6,18,20-26,29-30H2,1H3,(H,47,60)(H,51,59)(H,54,62)(H,57,58)(H2,48,49,50)/t38-,39-/m0/s1. The van der Waals surface area contributed by atoms with Crippen molar-refractivity contribution in [3.8, 4) is 11.1 Å². The van der Waals surface area contributed by atoms with Crippen molar-refractivity contribution >= 4 is 66.8 Å². The summed E-state index contributed by atoms with van der Waals surface area (Å²) in [6, 6.07) is 22.4. The Morgan fingerprint density at radius 3 is 2.19 bits per heavy atom. The van der Waals surface area contributed by atoms with Gasteiger partial charge in [0, 0.05) is 63.2 Å². The molecule has 3 amide bonds. The van der Waals surface area contributed by atoms with Crippen LogP contribution in [0.15, 0.2) is 118 Å². The van der Waals surface area contributed by atoms with Gasteiger partial charge in [0.05, 0.1) is 28.6 Å². The highest BCUT2D eigenvalue weighted by molar-refractivity contribution is 7.89. The number of rotatable bonds is 24. The summed E-state index contributed by atoms with van der Waals surface area (Å²) in [6.07, 6.45) is 1.84. The van der Waals surface area contributed by atoms with Crippen LogP contribution in [0.5, 0.6) is 0 Å². The number of alkyl carbamates (subject to hydrolysis) is 1. The third-order valence-electron chi connectivity index (χ3n) is 10.7. The summed E-state index contributed by atoms with van der Waals surface area (Å²) < 4.78 is 69.5. The number of hydrogen-bond donors (Lipinski definition) is 8. The lowest BCUT2D eigenvalue weighted by Crippen LogP contribution is -2.48. The van der Waals surface area contributed by atoms with E-state index >= 15 is 0 Å². The summed E-state index contributed by atoms with van der Waals surface area (Å²) >= 11 is 0. The molecule has 6 rings (SSSR count). The number of carboxylic acid groups (broad SMARTS) is 1. The number of aliphatic carboxylic acids is 1. The molecule has 0 aliphatic carbocycles. The van der Waals surface area contributed by atoms with Crippen molar-refractivity contribution in [2.45, 2.75) is 60.7 Å². The molecule has 1 aliphatic heterocycles. The Bertz CT molecular complexity index is 2880. The van der Waals surface area contributed by atoms with E-state index in [0.717, 1.165) is 49.9 Å². The van der Waals surface area contributed by atoms with Crippen molar-refractivity contribution in [2.75, 3.05) is 46.4 Å². The lowest BCUT2D eigenvalue weighted by Gasteiger charge is -2.18. The van der Waals surface area contributed by atoms with E-state index < -0.39 is 74.9 Å². The van der Waals surface area contributed by atoms with Crippen molar-refractivity contribution in [1.29, 1.82) is 0 Å². The number of guanidine groups is 1. The van der Waals surface area contributed by atoms with Gasteiger partial charge in [-0.05, 0) is 78.4 Å². The monoisotopic (exact) mass is 1000 g/mol. The number of fused-ring (bicyclic) bond motifs is 1. The van der Waals surface area contributed by atoms with Crippen molar-refractivity contribution in [2.24, 2.45) is 4.99 Å². The van der Waals surface area contributed by atoms with Crippen molar-refractivity contribution < 1.29 is 55.4 Å². The molecule has 1 aliphatic rings. The summed E-state index contributed by atoms with van der Waals surface area (Å²) in [5.41, 5.74) is 2.88. The van der Waals surface area contributed by atoms with Crippen LogP contribution in [0.3, 0.4) is 0 Å². The molecule has 70 heavy (non-hydrogen) atoms. The minimum Gasteiger partial charge on any atom is -0.481 e. The molecular formula is C46H54N10O12S2. The van der Waals surface area contributed by atoms with E-state index in [4.69, 9.17) is 14.6 Å². The minimum atomic E-state index is -4.33. The summed E-state index contributed by atoms with van der Waals surface area (Å²) in [6.45, 7) is 2.08. The van der Waals surface area contributed by atoms with E-state index in [1.165, 1.54) is 48.5 Å². The van der Waals surface area contributed by atoms with E-state index in [1.807, 2.05) is 4.68 Å². The number of hydrogen-bond acceptors (Lipinski definition) is 15. The first kappa shape index (κ1) is 52.0. The van der Waals surface area contributed by atoms with Gasteiger partial charge in [-0.15, -0.1) is 0 Å². The number of nitrogens with zero attached hydrogens (tertiary/aromatic N) is 3. The maximum atomic E-state index is 13.5. The second kappa shape index (κ2) is 24.7. The highest BCUT2D eigenvalue weighted by Crippen LogP contribution is 2.24. The largest absolute Gasteiger partial charge is 0.481 e. The first-order valence-electron chi connectivity index (χ1n) is 22.1. The number of benzene rings is 4. The molecule has 4 aromatic carbocycles.